The molecule has 0 spiro atoms. The monoisotopic (exact) mass is 464 g/mol. The highest BCUT2D eigenvalue weighted by Crippen LogP contribution is 2.28. The Bertz CT molecular complexity index is 1080. The van der Waals surface area contributed by atoms with Gasteiger partial charge >= 0.3 is 5.97 Å². The molecule has 2 aromatic carbocycles. The smallest absolute Gasteiger partial charge is 0.307 e. The summed E-state index contributed by atoms with van der Waals surface area (Å²) < 4.78 is 0. The number of amides is 3. The van der Waals surface area contributed by atoms with Crippen LogP contribution in [0.5, 0.6) is 0 Å². The van der Waals surface area contributed by atoms with Gasteiger partial charge in [-0.15, -0.1) is 11.8 Å². The molecule has 0 aromatic heterocycles. The van der Waals surface area contributed by atoms with Crippen LogP contribution < -0.4 is 5.32 Å². The zero-order valence-corrected chi connectivity index (χ0v) is 18.7. The van der Waals surface area contributed by atoms with Crippen LogP contribution >= 0.6 is 11.8 Å². The molecule has 0 saturated carbocycles. The predicted molar refractivity (Wildman–Crippen MR) is 125 cm³/mol. The summed E-state index contributed by atoms with van der Waals surface area (Å²) in [6.45, 7) is 0.369. The minimum Gasteiger partial charge on any atom is -0.481 e. The molecule has 2 N–H and O–H groups in total. The molecule has 1 aliphatic carbocycles. The third-order valence-corrected chi connectivity index (χ3v) is 6.98. The Kier molecular flexibility index (Phi) is 6.93. The van der Waals surface area contributed by atoms with Crippen molar-refractivity contribution in [2.75, 3.05) is 17.6 Å². The second kappa shape index (κ2) is 10.0. The van der Waals surface area contributed by atoms with Crippen LogP contribution in [0.15, 0.2) is 65.6 Å². The van der Waals surface area contributed by atoms with Crippen LogP contribution in [-0.4, -0.2) is 46.0 Å². The Labute approximate surface area is 195 Å². The van der Waals surface area contributed by atoms with Gasteiger partial charge in [0.15, 0.2) is 0 Å². The average Bonchev–Trinajstić information content (AvgIpc) is 3.07. The normalized spacial score (nSPS) is 19.5. The van der Waals surface area contributed by atoms with Crippen molar-refractivity contribution in [3.8, 4) is 0 Å². The summed E-state index contributed by atoms with van der Waals surface area (Å²) in [5, 5.41) is 12.2. The number of benzene rings is 2. The van der Waals surface area contributed by atoms with Gasteiger partial charge in [-0.05, 0) is 61.4 Å². The average molecular weight is 465 g/mol. The van der Waals surface area contributed by atoms with Crippen molar-refractivity contribution in [3.63, 3.8) is 0 Å². The van der Waals surface area contributed by atoms with Gasteiger partial charge in [0.25, 0.3) is 11.8 Å². The lowest BCUT2D eigenvalue weighted by Crippen LogP contribution is -2.34. The number of nitrogens with one attached hydrogen (secondary N) is 1. The number of fused-ring (bicyclic) bond motifs is 1. The molecule has 2 aliphatic rings. The first-order chi connectivity index (χ1) is 16.0. The number of hydrogen-bond acceptors (Lipinski definition) is 5. The first-order valence-electron chi connectivity index (χ1n) is 10.8. The molecule has 0 radical (unpaired) electrons. The number of anilines is 1. The van der Waals surface area contributed by atoms with E-state index in [1.165, 1.54) is 4.90 Å². The van der Waals surface area contributed by atoms with Crippen molar-refractivity contribution in [1.29, 1.82) is 0 Å². The summed E-state index contributed by atoms with van der Waals surface area (Å²) in [7, 11) is 0. The Balaban J connectivity index is 1.25. The van der Waals surface area contributed by atoms with Gasteiger partial charge in [-0.3, -0.25) is 24.1 Å². The molecule has 0 bridgehead atoms. The number of allylic oxidation sites excluding steroid dienone is 2. The van der Waals surface area contributed by atoms with Crippen molar-refractivity contribution in [2.45, 2.75) is 24.2 Å². The second-order valence-corrected chi connectivity index (χ2v) is 9.19. The number of thioether (sulfide) groups is 1. The van der Waals surface area contributed by atoms with Gasteiger partial charge < -0.3 is 10.4 Å². The first kappa shape index (κ1) is 22.8. The largest absolute Gasteiger partial charge is 0.481 e. The summed E-state index contributed by atoms with van der Waals surface area (Å²) in [6, 6.07) is 14.2. The zero-order valence-electron chi connectivity index (χ0n) is 17.9. The van der Waals surface area contributed by atoms with E-state index in [2.05, 4.69) is 5.32 Å². The topological polar surface area (TPSA) is 104 Å². The molecule has 3 amide bonds. The highest BCUT2D eigenvalue weighted by atomic mass is 32.2. The molecule has 2 unspecified atom stereocenters. The number of rotatable bonds is 8. The number of aliphatic carboxylic acids is 1. The molecule has 0 saturated heterocycles. The van der Waals surface area contributed by atoms with Crippen LogP contribution in [0, 0.1) is 11.8 Å². The van der Waals surface area contributed by atoms with E-state index in [9.17, 15) is 24.3 Å². The molecule has 170 valence electrons. The molecule has 4 rings (SSSR count). The van der Waals surface area contributed by atoms with Crippen molar-refractivity contribution in [3.05, 3.63) is 71.8 Å². The maximum atomic E-state index is 12.6. The lowest BCUT2D eigenvalue weighted by molar-refractivity contribution is -0.146. The lowest BCUT2D eigenvalue weighted by Gasteiger charge is -2.24. The Hall–Kier alpha value is -3.39. The molecule has 7 nitrogen and oxygen atoms in total. The van der Waals surface area contributed by atoms with E-state index >= 15 is 0 Å². The third kappa shape index (κ3) is 5.01. The van der Waals surface area contributed by atoms with E-state index in [1.54, 1.807) is 48.2 Å². The fraction of sp³-hybridized carbons (Fsp3) is 0.280. The molecule has 8 heteroatoms. The maximum absolute atomic E-state index is 12.6. The summed E-state index contributed by atoms with van der Waals surface area (Å²) in [6.07, 6.45) is 5.11. The van der Waals surface area contributed by atoms with Gasteiger partial charge in [0.1, 0.15) is 0 Å². The summed E-state index contributed by atoms with van der Waals surface area (Å²) in [5.41, 5.74) is 1.55. The minimum absolute atomic E-state index is 0.237. The Morgan fingerprint density at radius 3 is 2.15 bits per heavy atom. The number of imide groups is 1. The Morgan fingerprint density at radius 2 is 1.55 bits per heavy atom. The number of carbonyl (C=O) groups is 4. The van der Waals surface area contributed by atoms with E-state index in [4.69, 9.17) is 0 Å². The summed E-state index contributed by atoms with van der Waals surface area (Å²) in [5.74, 6) is -2.26. The van der Waals surface area contributed by atoms with Crippen LogP contribution in [0.1, 0.15) is 40.0 Å². The van der Waals surface area contributed by atoms with E-state index in [0.29, 0.717) is 42.6 Å². The fourth-order valence-corrected chi connectivity index (χ4v) is 4.94. The molecule has 2 atom stereocenters. The number of nitrogens with zero attached hydrogens (tertiary/aromatic N) is 1. The predicted octanol–water partition coefficient (Wildman–Crippen LogP) is 4.07. The summed E-state index contributed by atoms with van der Waals surface area (Å²) >= 11 is 1.60. The zero-order chi connectivity index (χ0) is 23.4. The van der Waals surface area contributed by atoms with Gasteiger partial charge in [-0.2, -0.15) is 0 Å². The standard InChI is InChI=1S/C25H24N2O5S/c28-22(18-6-1-4-9-21(18)25(31)32)26-16-10-12-17(13-11-16)33-15-5-14-27-23(29)19-7-2-3-8-20(19)24(27)30/h1-4,7-8,10-13,18,21H,5-6,9,14-15H2,(H,26,28)(H,31,32). The molecule has 1 heterocycles. The van der Waals surface area contributed by atoms with E-state index < -0.39 is 17.8 Å². The van der Waals surface area contributed by atoms with Crippen molar-refractivity contribution < 1.29 is 24.3 Å². The van der Waals surface area contributed by atoms with Crippen molar-refractivity contribution in [1.82, 2.24) is 4.90 Å². The van der Waals surface area contributed by atoms with Gasteiger partial charge in [-0.1, -0.05) is 24.3 Å². The molecule has 0 fully saturated rings. The van der Waals surface area contributed by atoms with E-state index in [0.717, 1.165) is 10.6 Å². The van der Waals surface area contributed by atoms with Gasteiger partial charge in [0, 0.05) is 17.1 Å². The maximum Gasteiger partial charge on any atom is 0.307 e. The quantitative estimate of drug-likeness (QED) is 0.264. The van der Waals surface area contributed by atoms with E-state index in [-0.39, 0.29) is 17.7 Å². The van der Waals surface area contributed by atoms with Crippen LogP contribution in [0.2, 0.25) is 0 Å². The molecular weight excluding hydrogens is 440 g/mol. The number of hydrogen-bond donors (Lipinski definition) is 2. The number of carboxylic acid groups (broad SMARTS) is 1. The van der Waals surface area contributed by atoms with Crippen molar-refractivity contribution in [2.24, 2.45) is 11.8 Å². The highest BCUT2D eigenvalue weighted by molar-refractivity contribution is 7.99. The van der Waals surface area contributed by atoms with E-state index in [1.807, 2.05) is 24.3 Å². The molecule has 33 heavy (non-hydrogen) atoms. The summed E-state index contributed by atoms with van der Waals surface area (Å²) in [4.78, 5) is 51.1. The van der Waals surface area contributed by atoms with Crippen LogP contribution in [0.3, 0.4) is 0 Å². The third-order valence-electron chi connectivity index (χ3n) is 5.88. The minimum atomic E-state index is -0.951. The van der Waals surface area contributed by atoms with Crippen LogP contribution in [0.4, 0.5) is 5.69 Å². The highest BCUT2D eigenvalue weighted by Gasteiger charge is 2.35. The second-order valence-electron chi connectivity index (χ2n) is 8.02. The fourth-order valence-electron chi connectivity index (χ4n) is 4.10. The van der Waals surface area contributed by atoms with Gasteiger partial charge in [-0.25, -0.2) is 0 Å². The molecule has 2 aromatic rings. The SMILES string of the molecule is O=C(O)C1CC=CCC1C(=O)Nc1ccc(SCCCN2C(=O)c3ccccc3C2=O)cc1. The Morgan fingerprint density at radius 1 is 0.939 bits per heavy atom. The number of carboxylic acids is 1. The first-order valence-corrected chi connectivity index (χ1v) is 11.8. The van der Waals surface area contributed by atoms with Gasteiger partial charge in [0.2, 0.25) is 5.91 Å². The lowest BCUT2D eigenvalue weighted by atomic mass is 9.82. The molecular formula is C25H24N2O5S. The van der Waals surface area contributed by atoms with Crippen molar-refractivity contribution >= 4 is 41.1 Å². The number of carbonyl (C=O) groups excluding carboxylic acids is 3. The van der Waals surface area contributed by atoms with Gasteiger partial charge in [0.05, 0.1) is 23.0 Å². The van der Waals surface area contributed by atoms with Crippen LogP contribution in [0.25, 0.3) is 0 Å². The molecule has 1 aliphatic heterocycles. The van der Waals surface area contributed by atoms with Crippen LogP contribution in [-0.2, 0) is 9.59 Å².